The molecule has 1 unspecified atom stereocenters. The molecule has 0 fully saturated rings. The Hall–Kier alpha value is -1.38. The van der Waals surface area contributed by atoms with Crippen LogP contribution in [0, 0.1) is 0 Å². The van der Waals surface area contributed by atoms with E-state index >= 15 is 0 Å². The lowest BCUT2D eigenvalue weighted by Crippen LogP contribution is -2.14. The van der Waals surface area contributed by atoms with Gasteiger partial charge in [-0.25, -0.2) is 0 Å². The van der Waals surface area contributed by atoms with Crippen molar-refractivity contribution in [2.75, 3.05) is 24.3 Å². The highest BCUT2D eigenvalue weighted by Crippen LogP contribution is 2.35. The summed E-state index contributed by atoms with van der Waals surface area (Å²) in [7, 11) is 3.96. The van der Waals surface area contributed by atoms with Crippen molar-refractivity contribution in [1.29, 1.82) is 0 Å². The number of rotatable bonds is 4. The Balaban J connectivity index is 2.31. The fourth-order valence-electron chi connectivity index (χ4n) is 2.22. The van der Waals surface area contributed by atoms with Crippen molar-refractivity contribution in [3.63, 3.8) is 0 Å². The molecule has 0 spiro atoms. The lowest BCUT2D eigenvalue weighted by Gasteiger charge is -2.23. The smallest absolute Gasteiger partial charge is 0.0786 e. The van der Waals surface area contributed by atoms with E-state index in [9.17, 15) is 0 Å². The zero-order chi connectivity index (χ0) is 14.7. The van der Waals surface area contributed by atoms with Crippen LogP contribution in [-0.4, -0.2) is 14.1 Å². The fourth-order valence-corrected chi connectivity index (χ4v) is 2.87. The molecular formula is C16H18Cl2N2. The van der Waals surface area contributed by atoms with Gasteiger partial charge in [0.05, 0.1) is 22.4 Å². The van der Waals surface area contributed by atoms with E-state index in [0.717, 1.165) is 27.0 Å². The summed E-state index contributed by atoms with van der Waals surface area (Å²) in [4.78, 5) is 2.00. The molecule has 1 atom stereocenters. The highest BCUT2D eigenvalue weighted by Gasteiger charge is 2.13. The molecule has 106 valence electrons. The summed E-state index contributed by atoms with van der Waals surface area (Å²) in [6, 6.07) is 13.8. The summed E-state index contributed by atoms with van der Waals surface area (Å²) in [6.07, 6.45) is 0. The molecule has 0 aliphatic heterocycles. The Morgan fingerprint density at radius 2 is 1.60 bits per heavy atom. The Kier molecular flexibility index (Phi) is 4.79. The average molecular weight is 309 g/mol. The third kappa shape index (κ3) is 3.20. The van der Waals surface area contributed by atoms with Crippen molar-refractivity contribution in [2.24, 2.45) is 0 Å². The van der Waals surface area contributed by atoms with Gasteiger partial charge in [0.1, 0.15) is 0 Å². The molecule has 2 aromatic rings. The van der Waals surface area contributed by atoms with E-state index in [0.29, 0.717) is 0 Å². The Morgan fingerprint density at radius 3 is 2.25 bits per heavy atom. The van der Waals surface area contributed by atoms with E-state index in [2.05, 4.69) is 12.2 Å². The van der Waals surface area contributed by atoms with Gasteiger partial charge < -0.3 is 10.2 Å². The first-order chi connectivity index (χ1) is 9.50. The molecule has 2 rings (SSSR count). The number of hydrogen-bond donors (Lipinski definition) is 1. The number of para-hydroxylation sites is 1. The molecule has 0 heterocycles. The van der Waals surface area contributed by atoms with Crippen molar-refractivity contribution >= 4 is 34.6 Å². The molecule has 0 saturated carbocycles. The lowest BCUT2D eigenvalue weighted by molar-refractivity contribution is 0.883. The van der Waals surface area contributed by atoms with E-state index in [1.165, 1.54) is 0 Å². The van der Waals surface area contributed by atoms with Crippen molar-refractivity contribution < 1.29 is 0 Å². The van der Waals surface area contributed by atoms with Gasteiger partial charge in [0.2, 0.25) is 0 Å². The molecule has 0 radical (unpaired) electrons. The third-order valence-electron chi connectivity index (χ3n) is 3.18. The topological polar surface area (TPSA) is 15.3 Å². The van der Waals surface area contributed by atoms with E-state index in [1.54, 1.807) is 0 Å². The lowest BCUT2D eigenvalue weighted by atomic mass is 10.1. The van der Waals surface area contributed by atoms with Gasteiger partial charge in [-0.3, -0.25) is 0 Å². The molecular weight excluding hydrogens is 291 g/mol. The van der Waals surface area contributed by atoms with Gasteiger partial charge in [-0.15, -0.1) is 0 Å². The predicted molar refractivity (Wildman–Crippen MR) is 89.3 cm³/mol. The summed E-state index contributed by atoms with van der Waals surface area (Å²) >= 11 is 12.5. The maximum absolute atomic E-state index is 6.28. The molecule has 0 aliphatic carbocycles. The van der Waals surface area contributed by atoms with Gasteiger partial charge in [-0.1, -0.05) is 47.5 Å². The quantitative estimate of drug-likeness (QED) is 0.831. The predicted octanol–water partition coefficient (Wildman–Crippen LogP) is 5.23. The second kappa shape index (κ2) is 6.38. The van der Waals surface area contributed by atoms with E-state index in [1.807, 2.05) is 61.5 Å². The minimum absolute atomic E-state index is 0.0980. The van der Waals surface area contributed by atoms with Crippen LogP contribution in [0.4, 0.5) is 11.4 Å². The summed E-state index contributed by atoms with van der Waals surface area (Å²) in [5.74, 6) is 0. The highest BCUT2D eigenvalue weighted by atomic mass is 35.5. The van der Waals surface area contributed by atoms with Crippen LogP contribution in [0.5, 0.6) is 0 Å². The summed E-state index contributed by atoms with van der Waals surface area (Å²) in [5.41, 5.74) is 3.04. The molecule has 0 saturated heterocycles. The minimum Gasteiger partial charge on any atom is -0.377 e. The Morgan fingerprint density at radius 1 is 0.950 bits per heavy atom. The SMILES string of the molecule is CC(Nc1cccc(Cl)c1N(C)C)c1ccccc1Cl. The van der Waals surface area contributed by atoms with Crippen LogP contribution in [0.1, 0.15) is 18.5 Å². The van der Waals surface area contributed by atoms with Gasteiger partial charge in [0.15, 0.2) is 0 Å². The van der Waals surface area contributed by atoms with Crippen LogP contribution in [-0.2, 0) is 0 Å². The van der Waals surface area contributed by atoms with Crippen LogP contribution < -0.4 is 10.2 Å². The van der Waals surface area contributed by atoms with Gasteiger partial charge in [-0.05, 0) is 30.7 Å². The average Bonchev–Trinajstić information content (AvgIpc) is 2.38. The fraction of sp³-hybridized carbons (Fsp3) is 0.250. The Labute approximate surface area is 130 Å². The van der Waals surface area contributed by atoms with Crippen molar-refractivity contribution in [3.8, 4) is 0 Å². The van der Waals surface area contributed by atoms with Gasteiger partial charge in [-0.2, -0.15) is 0 Å². The van der Waals surface area contributed by atoms with Crippen molar-refractivity contribution in [1.82, 2.24) is 0 Å². The second-order valence-electron chi connectivity index (χ2n) is 4.92. The zero-order valence-corrected chi connectivity index (χ0v) is 13.3. The van der Waals surface area contributed by atoms with E-state index < -0.39 is 0 Å². The number of hydrogen-bond acceptors (Lipinski definition) is 2. The van der Waals surface area contributed by atoms with Crippen LogP contribution >= 0.6 is 23.2 Å². The largest absolute Gasteiger partial charge is 0.377 e. The van der Waals surface area contributed by atoms with Crippen LogP contribution in [0.2, 0.25) is 10.0 Å². The summed E-state index contributed by atoms with van der Waals surface area (Å²) in [6.45, 7) is 2.08. The first-order valence-corrected chi connectivity index (χ1v) is 7.23. The van der Waals surface area contributed by atoms with E-state index in [-0.39, 0.29) is 6.04 Å². The molecule has 2 aromatic carbocycles. The standard InChI is InChI=1S/C16H18Cl2N2/c1-11(12-7-4-5-8-13(12)17)19-15-10-6-9-14(18)16(15)20(2)3/h4-11,19H,1-3H3. The van der Waals surface area contributed by atoms with Gasteiger partial charge >= 0.3 is 0 Å². The molecule has 0 aromatic heterocycles. The summed E-state index contributed by atoms with van der Waals surface area (Å²) < 4.78 is 0. The minimum atomic E-state index is 0.0980. The van der Waals surface area contributed by atoms with Crippen LogP contribution in [0.15, 0.2) is 42.5 Å². The molecule has 2 nitrogen and oxygen atoms in total. The molecule has 1 N–H and O–H groups in total. The van der Waals surface area contributed by atoms with Gasteiger partial charge in [0, 0.05) is 19.1 Å². The van der Waals surface area contributed by atoms with Crippen molar-refractivity contribution in [2.45, 2.75) is 13.0 Å². The van der Waals surface area contributed by atoms with Crippen LogP contribution in [0.3, 0.4) is 0 Å². The zero-order valence-electron chi connectivity index (χ0n) is 11.8. The van der Waals surface area contributed by atoms with Crippen LogP contribution in [0.25, 0.3) is 0 Å². The van der Waals surface area contributed by atoms with Crippen molar-refractivity contribution in [3.05, 3.63) is 58.1 Å². The maximum atomic E-state index is 6.28. The number of nitrogens with zero attached hydrogens (tertiary/aromatic N) is 1. The molecule has 0 amide bonds. The molecule has 0 bridgehead atoms. The number of nitrogens with one attached hydrogen (secondary N) is 1. The number of anilines is 2. The Bertz CT molecular complexity index is 597. The first kappa shape index (κ1) is 15.0. The first-order valence-electron chi connectivity index (χ1n) is 6.47. The molecule has 4 heteroatoms. The number of halogens is 2. The summed E-state index contributed by atoms with van der Waals surface area (Å²) in [5, 5.41) is 4.97. The van der Waals surface area contributed by atoms with Gasteiger partial charge in [0.25, 0.3) is 0 Å². The second-order valence-corrected chi connectivity index (χ2v) is 5.73. The third-order valence-corrected chi connectivity index (χ3v) is 3.83. The number of benzene rings is 2. The molecule has 20 heavy (non-hydrogen) atoms. The monoisotopic (exact) mass is 308 g/mol. The maximum Gasteiger partial charge on any atom is 0.0786 e. The highest BCUT2D eigenvalue weighted by molar-refractivity contribution is 6.34. The van der Waals surface area contributed by atoms with E-state index in [4.69, 9.17) is 23.2 Å². The normalized spacial score (nSPS) is 12.1. The molecule has 0 aliphatic rings.